The Morgan fingerprint density at radius 2 is 0.852 bits per heavy atom. The largest absolute Gasteiger partial charge is 2.00 e. The summed E-state index contributed by atoms with van der Waals surface area (Å²) in [7, 11) is -1.07. The molecule has 0 saturated carbocycles. The zero-order valence-electron chi connectivity index (χ0n) is 17.4. The van der Waals surface area contributed by atoms with E-state index in [2.05, 4.69) is 38.3 Å². The predicted molar refractivity (Wildman–Crippen MR) is 113 cm³/mol. The molecule has 0 aliphatic heterocycles. The fourth-order valence-corrected chi connectivity index (χ4v) is 11.9. The van der Waals surface area contributed by atoms with Crippen molar-refractivity contribution in [3.05, 3.63) is 0 Å². The molecule has 2 atom stereocenters. The average Bonchev–Trinajstić information content (AvgIpc) is 2.46. The van der Waals surface area contributed by atoms with Crippen molar-refractivity contribution in [1.29, 1.82) is 0 Å². The topological polar surface area (TPSA) is 92.2 Å². The van der Waals surface area contributed by atoms with E-state index in [4.69, 9.17) is 0 Å². The van der Waals surface area contributed by atoms with Crippen LogP contribution in [-0.2, 0) is 103 Å². The van der Waals surface area contributed by atoms with E-state index in [0.717, 1.165) is 50.0 Å². The quantitative estimate of drug-likeness (QED) is 0.154. The van der Waals surface area contributed by atoms with Gasteiger partial charge in [0.15, 0.2) is 0 Å². The smallest absolute Gasteiger partial charge is 0.854 e. The molecule has 0 saturated heterocycles. The Morgan fingerprint density at radius 1 is 0.593 bits per heavy atom. The summed E-state index contributed by atoms with van der Waals surface area (Å²) in [6, 6.07) is 0. The van der Waals surface area contributed by atoms with E-state index >= 15 is 0 Å². The first-order chi connectivity index (χ1) is 11.0. The second kappa shape index (κ2) is 24.6. The first-order valence-electron chi connectivity index (χ1n) is 8.44. The molecule has 0 aromatic heterocycles. The van der Waals surface area contributed by atoms with Crippen molar-refractivity contribution >= 4 is 56.0 Å². The summed E-state index contributed by atoms with van der Waals surface area (Å²) in [6.07, 6.45) is 6.47. The van der Waals surface area contributed by atoms with Gasteiger partial charge in [0.1, 0.15) is 0 Å². The zero-order chi connectivity index (χ0) is 19.2. The van der Waals surface area contributed by atoms with Crippen molar-refractivity contribution in [2.75, 3.05) is 23.0 Å². The molecule has 0 aliphatic carbocycles. The van der Waals surface area contributed by atoms with Crippen molar-refractivity contribution in [2.45, 2.75) is 66.2 Å². The van der Waals surface area contributed by atoms with Gasteiger partial charge >= 0.3 is 58.4 Å². The molecule has 0 spiro atoms. The van der Waals surface area contributed by atoms with Crippen LogP contribution >= 0.6 is 11.4 Å². The fourth-order valence-electron chi connectivity index (χ4n) is 1.87. The molecular formula is C14H32O4P2S4Zn3. The SMILES string of the molecule is CCCCCS(CC)=P([O-])([O-])[S-].CCCCCS(CC)=P([O-])([O-])[S-].[Zn+2].[Zn+2].[Zn+2]. The van der Waals surface area contributed by atoms with E-state index in [1.807, 2.05) is 13.8 Å². The van der Waals surface area contributed by atoms with Crippen LogP contribution in [0.25, 0.3) is 0 Å². The second-order valence-electron chi connectivity index (χ2n) is 5.22. The van der Waals surface area contributed by atoms with Crippen LogP contribution in [0.5, 0.6) is 0 Å². The predicted octanol–water partition coefficient (Wildman–Crippen LogP) is 1.51. The Labute approximate surface area is 221 Å². The van der Waals surface area contributed by atoms with Crippen LogP contribution in [0.4, 0.5) is 0 Å². The molecule has 2 unspecified atom stereocenters. The van der Waals surface area contributed by atoms with Gasteiger partial charge in [-0.05, 0) is 35.9 Å². The summed E-state index contributed by atoms with van der Waals surface area (Å²) in [5, 5.41) is 0. The van der Waals surface area contributed by atoms with Gasteiger partial charge in [0.05, 0.1) is 0 Å². The molecule has 4 nitrogen and oxygen atoms in total. The monoisotopic (exact) mass is 646 g/mol. The van der Waals surface area contributed by atoms with Crippen LogP contribution in [-0.4, -0.2) is 23.0 Å². The van der Waals surface area contributed by atoms with Crippen molar-refractivity contribution in [1.82, 2.24) is 0 Å². The molecule has 0 aromatic carbocycles. The van der Waals surface area contributed by atoms with Crippen molar-refractivity contribution in [3.63, 3.8) is 0 Å². The minimum absolute atomic E-state index is 0. The van der Waals surface area contributed by atoms with Gasteiger partial charge in [0, 0.05) is 0 Å². The third kappa shape index (κ3) is 26.1. The molecule has 0 fully saturated rings. The van der Waals surface area contributed by atoms with Gasteiger partial charge in [-0.15, -0.1) is 0 Å². The summed E-state index contributed by atoms with van der Waals surface area (Å²) in [4.78, 5) is 44.0. The maximum Gasteiger partial charge on any atom is 2.00 e. The third-order valence-corrected chi connectivity index (χ3v) is 17.6. The Morgan fingerprint density at radius 3 is 1.00 bits per heavy atom. The minimum Gasteiger partial charge on any atom is -0.854 e. The van der Waals surface area contributed by atoms with E-state index in [1.165, 1.54) is 0 Å². The molecule has 0 radical (unpaired) electrons. The maximum absolute atomic E-state index is 11.0. The number of hydrogen-bond donors (Lipinski definition) is 0. The van der Waals surface area contributed by atoms with E-state index < -0.39 is 31.5 Å². The van der Waals surface area contributed by atoms with Crippen LogP contribution in [0.3, 0.4) is 0 Å². The minimum atomic E-state index is -3.45. The van der Waals surface area contributed by atoms with E-state index in [1.54, 1.807) is 0 Å². The number of unbranched alkanes of at least 4 members (excludes halogenated alkanes) is 4. The van der Waals surface area contributed by atoms with Crippen LogP contribution < -0.4 is 19.6 Å². The average molecular weight is 651 g/mol. The molecule has 0 N–H and O–H groups in total. The molecule has 0 bridgehead atoms. The standard InChI is InChI=1S/2C7H16O2PS2.3Zn/c2*1-3-5-6-7-12(4-2)10(8,9)11;;;/h2*3-7H2,1-2H3;;;/q2*-3;3*+2. The fraction of sp³-hybridized carbons (Fsp3) is 1.00. The van der Waals surface area contributed by atoms with E-state index in [0.29, 0.717) is 11.5 Å². The first-order valence-corrected chi connectivity index (χ1v) is 18.1. The van der Waals surface area contributed by atoms with Crippen LogP contribution in [0, 0.1) is 0 Å². The molecule has 27 heavy (non-hydrogen) atoms. The second-order valence-corrected chi connectivity index (χ2v) is 21.1. The number of hydrogen-bond acceptors (Lipinski definition) is 6. The third-order valence-electron chi connectivity index (χ3n) is 3.27. The summed E-state index contributed by atoms with van der Waals surface area (Å²) < 4.78 is 0. The molecule has 13 heteroatoms. The Bertz CT molecular complexity index is 390. The Balaban J connectivity index is -0.000000108. The van der Waals surface area contributed by atoms with Gasteiger partial charge in [0.25, 0.3) is 0 Å². The van der Waals surface area contributed by atoms with Gasteiger partial charge < -0.3 is 55.5 Å². The van der Waals surface area contributed by atoms with Gasteiger partial charge in [-0.3, -0.25) is 0 Å². The van der Waals surface area contributed by atoms with E-state index in [9.17, 15) is 19.6 Å². The Kier molecular flexibility index (Phi) is 37.6. The molecule has 0 aromatic rings. The molecule has 0 heterocycles. The summed E-state index contributed by atoms with van der Waals surface area (Å²) >= 11 is 8.93. The van der Waals surface area contributed by atoms with Crippen molar-refractivity contribution in [3.8, 4) is 0 Å². The molecular weight excluding hydrogens is 619 g/mol. The van der Waals surface area contributed by atoms with Crippen molar-refractivity contribution in [2.24, 2.45) is 0 Å². The van der Waals surface area contributed by atoms with Gasteiger partial charge in [-0.2, -0.15) is 0 Å². The summed E-state index contributed by atoms with van der Waals surface area (Å²) in [5.41, 5.74) is -6.91. The van der Waals surface area contributed by atoms with E-state index in [-0.39, 0.29) is 58.4 Å². The normalized spacial score (nSPS) is 13.1. The molecule has 0 amide bonds. The number of rotatable bonds is 10. The van der Waals surface area contributed by atoms with Gasteiger partial charge in [-0.1, -0.05) is 53.4 Å². The van der Waals surface area contributed by atoms with Crippen LogP contribution in [0.1, 0.15) is 66.2 Å². The van der Waals surface area contributed by atoms with Gasteiger partial charge in [-0.25, -0.2) is 20.1 Å². The summed E-state index contributed by atoms with van der Waals surface area (Å²) in [6.45, 7) is 8.00. The molecule has 152 valence electrons. The van der Waals surface area contributed by atoms with Crippen LogP contribution in [0.15, 0.2) is 0 Å². The molecule has 0 rings (SSSR count). The molecule has 0 aliphatic rings. The van der Waals surface area contributed by atoms with Crippen LogP contribution in [0.2, 0.25) is 0 Å². The van der Waals surface area contributed by atoms with Gasteiger partial charge in [0.2, 0.25) is 0 Å². The van der Waals surface area contributed by atoms with Crippen molar-refractivity contribution < 1.29 is 78.0 Å². The zero-order valence-corrected chi connectivity index (χ0v) is 31.3. The first kappa shape index (κ1) is 41.2. The Hall–Kier alpha value is 3.97. The maximum atomic E-state index is 11.0. The summed E-state index contributed by atoms with van der Waals surface area (Å²) in [5.74, 6) is 2.92.